The van der Waals surface area contributed by atoms with Gasteiger partial charge in [-0.05, 0) is 24.4 Å². The standard InChI is InChI=1S/C9H12ClN3O2S/c10-8-13-12-7(16-8)6(14)11-5-9(15)3-1-2-4-9/h15H,1-5H2,(H,11,14). The smallest absolute Gasteiger partial charge is 0.282 e. The molecule has 1 fully saturated rings. The quantitative estimate of drug-likeness (QED) is 0.858. The zero-order valence-electron chi connectivity index (χ0n) is 8.57. The van der Waals surface area contributed by atoms with Gasteiger partial charge in [0.2, 0.25) is 9.47 Å². The fourth-order valence-electron chi connectivity index (χ4n) is 1.83. The van der Waals surface area contributed by atoms with Crippen LogP contribution in [0, 0.1) is 0 Å². The molecule has 0 aromatic carbocycles. The van der Waals surface area contributed by atoms with Gasteiger partial charge in [-0.2, -0.15) is 0 Å². The molecule has 0 saturated heterocycles. The highest BCUT2D eigenvalue weighted by molar-refractivity contribution is 7.17. The molecule has 1 aromatic rings. The summed E-state index contributed by atoms with van der Waals surface area (Å²) in [4.78, 5) is 11.6. The molecule has 0 bridgehead atoms. The van der Waals surface area contributed by atoms with Crippen LogP contribution in [0.3, 0.4) is 0 Å². The predicted octanol–water partition coefficient (Wildman–Crippen LogP) is 1.23. The van der Waals surface area contributed by atoms with Crippen molar-refractivity contribution in [3.8, 4) is 0 Å². The van der Waals surface area contributed by atoms with Gasteiger partial charge in [0.25, 0.3) is 5.91 Å². The van der Waals surface area contributed by atoms with Crippen LogP contribution in [0.5, 0.6) is 0 Å². The Bertz CT molecular complexity index is 390. The summed E-state index contributed by atoms with van der Waals surface area (Å²) >= 11 is 6.60. The first kappa shape index (κ1) is 11.8. The lowest BCUT2D eigenvalue weighted by atomic mass is 10.0. The first-order chi connectivity index (χ1) is 7.59. The predicted molar refractivity (Wildman–Crippen MR) is 60.7 cm³/mol. The van der Waals surface area contributed by atoms with E-state index in [9.17, 15) is 9.90 Å². The van der Waals surface area contributed by atoms with E-state index >= 15 is 0 Å². The SMILES string of the molecule is O=C(NCC1(O)CCCC1)c1nnc(Cl)s1. The van der Waals surface area contributed by atoms with Gasteiger partial charge in [-0.3, -0.25) is 4.79 Å². The van der Waals surface area contributed by atoms with Crippen LogP contribution in [0.25, 0.3) is 0 Å². The molecule has 1 aliphatic carbocycles. The fraction of sp³-hybridized carbons (Fsp3) is 0.667. The molecule has 0 spiro atoms. The van der Waals surface area contributed by atoms with Gasteiger partial charge < -0.3 is 10.4 Å². The minimum Gasteiger partial charge on any atom is -0.388 e. The maximum absolute atomic E-state index is 11.6. The van der Waals surface area contributed by atoms with E-state index < -0.39 is 5.60 Å². The van der Waals surface area contributed by atoms with E-state index in [1.54, 1.807) is 0 Å². The van der Waals surface area contributed by atoms with Crippen molar-refractivity contribution in [2.24, 2.45) is 0 Å². The minimum absolute atomic E-state index is 0.228. The fourth-order valence-corrected chi connectivity index (χ4v) is 2.57. The Morgan fingerprint density at radius 1 is 1.50 bits per heavy atom. The van der Waals surface area contributed by atoms with Gasteiger partial charge in [0.1, 0.15) is 0 Å². The summed E-state index contributed by atoms with van der Waals surface area (Å²) in [6.07, 6.45) is 3.50. The summed E-state index contributed by atoms with van der Waals surface area (Å²) in [6.45, 7) is 0.267. The van der Waals surface area contributed by atoms with E-state index in [-0.39, 0.29) is 21.9 Å². The lowest BCUT2D eigenvalue weighted by Gasteiger charge is -2.21. The van der Waals surface area contributed by atoms with E-state index in [0.717, 1.165) is 37.0 Å². The number of hydrogen-bond acceptors (Lipinski definition) is 5. The Hall–Kier alpha value is -0.720. The molecule has 5 nitrogen and oxygen atoms in total. The summed E-state index contributed by atoms with van der Waals surface area (Å²) < 4.78 is 0.240. The van der Waals surface area contributed by atoms with E-state index in [2.05, 4.69) is 15.5 Å². The lowest BCUT2D eigenvalue weighted by Crippen LogP contribution is -2.40. The van der Waals surface area contributed by atoms with Crippen LogP contribution in [0.4, 0.5) is 0 Å². The van der Waals surface area contributed by atoms with Crippen LogP contribution in [-0.2, 0) is 0 Å². The molecule has 88 valence electrons. The maximum atomic E-state index is 11.6. The highest BCUT2D eigenvalue weighted by atomic mass is 35.5. The number of amides is 1. The molecule has 0 radical (unpaired) electrons. The second kappa shape index (κ2) is 4.65. The molecule has 1 saturated carbocycles. The van der Waals surface area contributed by atoms with Crippen LogP contribution in [0.1, 0.15) is 35.5 Å². The third-order valence-electron chi connectivity index (χ3n) is 2.71. The van der Waals surface area contributed by atoms with Crippen molar-refractivity contribution in [2.45, 2.75) is 31.3 Å². The second-order valence-corrected chi connectivity index (χ2v) is 5.53. The molecule has 1 heterocycles. The summed E-state index contributed by atoms with van der Waals surface area (Å²) in [6, 6.07) is 0. The summed E-state index contributed by atoms with van der Waals surface area (Å²) in [7, 11) is 0. The highest BCUT2D eigenvalue weighted by Crippen LogP contribution is 2.28. The Labute approximate surface area is 102 Å². The molecule has 0 unspecified atom stereocenters. The van der Waals surface area contributed by atoms with Crippen molar-refractivity contribution in [1.82, 2.24) is 15.5 Å². The van der Waals surface area contributed by atoms with Crippen LogP contribution in [-0.4, -0.2) is 33.4 Å². The van der Waals surface area contributed by atoms with Crippen LogP contribution >= 0.6 is 22.9 Å². The summed E-state index contributed by atoms with van der Waals surface area (Å²) in [5.74, 6) is -0.329. The van der Waals surface area contributed by atoms with Crippen molar-refractivity contribution < 1.29 is 9.90 Å². The number of carbonyl (C=O) groups is 1. The van der Waals surface area contributed by atoms with Crippen molar-refractivity contribution in [3.63, 3.8) is 0 Å². The van der Waals surface area contributed by atoms with Gasteiger partial charge in [-0.25, -0.2) is 0 Å². The number of halogens is 1. The number of rotatable bonds is 3. The Kier molecular flexibility index (Phi) is 3.41. The van der Waals surface area contributed by atoms with Gasteiger partial charge in [-0.15, -0.1) is 10.2 Å². The van der Waals surface area contributed by atoms with Crippen LogP contribution in [0.15, 0.2) is 0 Å². The molecule has 1 aromatic heterocycles. The number of hydrogen-bond donors (Lipinski definition) is 2. The molecule has 1 amide bonds. The normalized spacial score (nSPS) is 18.6. The van der Waals surface area contributed by atoms with E-state index in [1.807, 2.05) is 0 Å². The topological polar surface area (TPSA) is 75.1 Å². The largest absolute Gasteiger partial charge is 0.388 e. The van der Waals surface area contributed by atoms with E-state index in [4.69, 9.17) is 11.6 Å². The van der Waals surface area contributed by atoms with Crippen LogP contribution in [0.2, 0.25) is 4.47 Å². The van der Waals surface area contributed by atoms with Crippen molar-refractivity contribution in [3.05, 3.63) is 9.47 Å². The molecule has 0 atom stereocenters. The number of aromatic nitrogens is 2. The van der Waals surface area contributed by atoms with Crippen molar-refractivity contribution >= 4 is 28.8 Å². The van der Waals surface area contributed by atoms with Gasteiger partial charge in [0.15, 0.2) is 0 Å². The summed E-state index contributed by atoms with van der Waals surface area (Å²) in [5.41, 5.74) is -0.746. The van der Waals surface area contributed by atoms with Crippen molar-refractivity contribution in [1.29, 1.82) is 0 Å². The second-order valence-electron chi connectivity index (χ2n) is 3.97. The van der Waals surface area contributed by atoms with Gasteiger partial charge >= 0.3 is 0 Å². The first-order valence-electron chi connectivity index (χ1n) is 5.09. The number of aliphatic hydroxyl groups is 1. The molecular formula is C9H12ClN3O2S. The van der Waals surface area contributed by atoms with Gasteiger partial charge in [0.05, 0.1) is 5.60 Å². The summed E-state index contributed by atoms with van der Waals surface area (Å²) in [5, 5.41) is 20.1. The number of nitrogens with one attached hydrogen (secondary N) is 1. The molecule has 7 heteroatoms. The monoisotopic (exact) mass is 261 g/mol. The van der Waals surface area contributed by atoms with E-state index in [0.29, 0.717) is 0 Å². The zero-order chi connectivity index (χ0) is 11.6. The van der Waals surface area contributed by atoms with Crippen molar-refractivity contribution in [2.75, 3.05) is 6.54 Å². The zero-order valence-corrected chi connectivity index (χ0v) is 10.1. The van der Waals surface area contributed by atoms with Gasteiger partial charge in [-0.1, -0.05) is 24.2 Å². The number of nitrogens with zero attached hydrogens (tertiary/aromatic N) is 2. The molecule has 1 aliphatic rings. The molecule has 2 rings (SSSR count). The molecule has 16 heavy (non-hydrogen) atoms. The van der Waals surface area contributed by atoms with E-state index in [1.165, 1.54) is 0 Å². The Balaban J connectivity index is 1.88. The van der Waals surface area contributed by atoms with Gasteiger partial charge in [0, 0.05) is 6.54 Å². The average molecular weight is 262 g/mol. The Morgan fingerprint density at radius 3 is 2.75 bits per heavy atom. The third kappa shape index (κ3) is 2.69. The number of carbonyl (C=O) groups excluding carboxylic acids is 1. The Morgan fingerprint density at radius 2 is 2.19 bits per heavy atom. The molecule has 2 N–H and O–H groups in total. The molecule has 0 aliphatic heterocycles. The average Bonchev–Trinajstić information content (AvgIpc) is 2.85. The highest BCUT2D eigenvalue weighted by Gasteiger charge is 2.31. The molecular weight excluding hydrogens is 250 g/mol. The minimum atomic E-state index is -0.746. The first-order valence-corrected chi connectivity index (χ1v) is 6.28. The van der Waals surface area contributed by atoms with Crippen LogP contribution < -0.4 is 5.32 Å². The maximum Gasteiger partial charge on any atom is 0.282 e. The third-order valence-corrected chi connectivity index (χ3v) is 3.72. The lowest BCUT2D eigenvalue weighted by molar-refractivity contribution is 0.0449.